The molecule has 1 aliphatic heterocycles. The van der Waals surface area contributed by atoms with Crippen molar-refractivity contribution in [3.8, 4) is 11.1 Å². The third-order valence-corrected chi connectivity index (χ3v) is 7.97. The number of cyclic esters (lactones) is 1. The zero-order chi connectivity index (χ0) is 27.2. The molecule has 6 nitrogen and oxygen atoms in total. The van der Waals surface area contributed by atoms with Gasteiger partial charge in [-0.3, -0.25) is 19.4 Å². The predicted octanol–water partition coefficient (Wildman–Crippen LogP) is 5.47. The summed E-state index contributed by atoms with van der Waals surface area (Å²) in [4.78, 5) is 42.7. The number of pyridine rings is 1. The largest absolute Gasteiger partial charge is 0.465 e. The summed E-state index contributed by atoms with van der Waals surface area (Å²) in [6.07, 6.45) is 4.60. The van der Waals surface area contributed by atoms with E-state index in [2.05, 4.69) is 4.98 Å². The Morgan fingerprint density at radius 2 is 1.59 bits per heavy atom. The monoisotopic (exact) mass is 536 g/mol. The number of ether oxygens (including phenoxy) is 1. The molecule has 0 spiro atoms. The SMILES string of the molecule is NCc1ccc(C(=O)Cc2ccncc2)cc1-c1cccc(CC(=O)c2ccc(SC3CCOC3=O)cc2)c1. The third kappa shape index (κ3) is 6.50. The molecule has 0 amide bonds. The van der Waals surface area contributed by atoms with Gasteiger partial charge in [0.05, 0.1) is 6.61 Å². The highest BCUT2D eigenvalue weighted by Gasteiger charge is 2.27. The summed E-state index contributed by atoms with van der Waals surface area (Å²) in [6, 6.07) is 24.5. The van der Waals surface area contributed by atoms with Crippen LogP contribution in [0.15, 0.2) is 96.2 Å². The first-order valence-electron chi connectivity index (χ1n) is 12.8. The first kappa shape index (κ1) is 26.5. The van der Waals surface area contributed by atoms with Crippen molar-refractivity contribution < 1.29 is 19.1 Å². The van der Waals surface area contributed by atoms with Crippen molar-refractivity contribution in [2.75, 3.05) is 6.61 Å². The molecule has 0 bridgehead atoms. The fraction of sp³-hybridized carbons (Fsp3) is 0.188. The minimum Gasteiger partial charge on any atom is -0.465 e. The van der Waals surface area contributed by atoms with Gasteiger partial charge in [0, 0.05) is 54.2 Å². The van der Waals surface area contributed by atoms with Crippen molar-refractivity contribution in [3.05, 3.63) is 119 Å². The number of hydrogen-bond acceptors (Lipinski definition) is 7. The standard InChI is InChI=1S/C32H28N2O4S/c33-20-26-5-4-25(30(36)17-21-10-13-34-14-11-21)19-28(26)24-3-1-2-22(16-24)18-29(35)23-6-8-27(9-7-23)39-31-12-15-38-32(31)37/h1-11,13-14,16,19,31H,12,15,17-18,20,33H2. The van der Waals surface area contributed by atoms with E-state index in [1.807, 2.05) is 66.7 Å². The first-order chi connectivity index (χ1) is 19.0. The van der Waals surface area contributed by atoms with Crippen molar-refractivity contribution in [1.29, 1.82) is 0 Å². The van der Waals surface area contributed by atoms with Crippen molar-refractivity contribution in [3.63, 3.8) is 0 Å². The van der Waals surface area contributed by atoms with E-state index in [4.69, 9.17) is 10.5 Å². The van der Waals surface area contributed by atoms with E-state index in [0.29, 0.717) is 37.1 Å². The van der Waals surface area contributed by atoms with Crippen LogP contribution in [-0.4, -0.2) is 34.4 Å². The highest BCUT2D eigenvalue weighted by molar-refractivity contribution is 8.00. The number of nitrogens with two attached hydrogens (primary N) is 1. The lowest BCUT2D eigenvalue weighted by Gasteiger charge is -2.12. The van der Waals surface area contributed by atoms with Crippen molar-refractivity contribution in [2.45, 2.75) is 36.0 Å². The number of rotatable bonds is 10. The number of hydrogen-bond donors (Lipinski definition) is 1. The van der Waals surface area contributed by atoms with Gasteiger partial charge in [-0.05, 0) is 58.1 Å². The fourth-order valence-corrected chi connectivity index (χ4v) is 5.59. The van der Waals surface area contributed by atoms with Gasteiger partial charge in [0.15, 0.2) is 11.6 Å². The number of ketones is 2. The number of benzene rings is 3. The normalized spacial score (nSPS) is 14.7. The van der Waals surface area contributed by atoms with Gasteiger partial charge in [0.2, 0.25) is 0 Å². The smallest absolute Gasteiger partial charge is 0.319 e. The molecular formula is C32H28N2O4S. The molecule has 4 aromatic rings. The first-order valence-corrected chi connectivity index (χ1v) is 13.7. The molecular weight excluding hydrogens is 508 g/mol. The van der Waals surface area contributed by atoms with Crippen molar-refractivity contribution in [1.82, 2.24) is 4.98 Å². The van der Waals surface area contributed by atoms with Crippen LogP contribution in [0, 0.1) is 0 Å². The number of nitrogens with zero attached hydrogens (tertiary/aromatic N) is 1. The number of thioether (sulfide) groups is 1. The second-order valence-electron chi connectivity index (χ2n) is 9.42. The van der Waals surface area contributed by atoms with Crippen LogP contribution in [0.5, 0.6) is 0 Å². The maximum Gasteiger partial charge on any atom is 0.319 e. The zero-order valence-electron chi connectivity index (χ0n) is 21.3. The topological polar surface area (TPSA) is 99.4 Å². The molecule has 7 heteroatoms. The molecule has 0 saturated carbocycles. The highest BCUT2D eigenvalue weighted by atomic mass is 32.2. The van der Waals surface area contributed by atoms with E-state index in [1.165, 1.54) is 11.8 Å². The lowest BCUT2D eigenvalue weighted by molar-refractivity contribution is -0.137. The quantitative estimate of drug-likeness (QED) is 0.212. The van der Waals surface area contributed by atoms with E-state index >= 15 is 0 Å². The van der Waals surface area contributed by atoms with Crippen LogP contribution in [0.1, 0.15) is 43.8 Å². The molecule has 0 radical (unpaired) electrons. The molecule has 1 aliphatic rings. The maximum atomic E-state index is 13.1. The Balaban J connectivity index is 1.31. The minimum atomic E-state index is -0.183. The number of carbonyl (C=O) groups excluding carboxylic acids is 3. The number of Topliss-reactive ketones (excluding diaryl/α,β-unsaturated/α-hetero) is 2. The van der Waals surface area contributed by atoms with Gasteiger partial charge >= 0.3 is 5.97 Å². The summed E-state index contributed by atoms with van der Waals surface area (Å²) >= 11 is 1.47. The molecule has 1 atom stereocenters. The van der Waals surface area contributed by atoms with Gasteiger partial charge in [-0.25, -0.2) is 0 Å². The van der Waals surface area contributed by atoms with E-state index in [1.54, 1.807) is 24.5 Å². The summed E-state index contributed by atoms with van der Waals surface area (Å²) in [5, 5.41) is -0.183. The summed E-state index contributed by atoms with van der Waals surface area (Å²) in [5.41, 5.74) is 11.8. The molecule has 1 fully saturated rings. The summed E-state index contributed by atoms with van der Waals surface area (Å²) in [5.74, 6) is -0.158. The minimum absolute atomic E-state index is 0.00399. The van der Waals surface area contributed by atoms with Crippen molar-refractivity contribution >= 4 is 29.3 Å². The van der Waals surface area contributed by atoms with Crippen LogP contribution < -0.4 is 5.73 Å². The molecule has 1 aromatic heterocycles. The number of esters is 1. The van der Waals surface area contributed by atoms with Crippen molar-refractivity contribution in [2.24, 2.45) is 5.73 Å². The third-order valence-electron chi connectivity index (χ3n) is 6.71. The summed E-state index contributed by atoms with van der Waals surface area (Å²) in [7, 11) is 0. The van der Waals surface area contributed by atoms with Crippen LogP contribution >= 0.6 is 11.8 Å². The van der Waals surface area contributed by atoms with Crippen LogP contribution in [0.3, 0.4) is 0 Å². The van der Waals surface area contributed by atoms with Gasteiger partial charge < -0.3 is 10.5 Å². The summed E-state index contributed by atoms with van der Waals surface area (Å²) < 4.78 is 5.02. The molecule has 1 unspecified atom stereocenters. The Morgan fingerprint density at radius 3 is 2.31 bits per heavy atom. The van der Waals surface area contributed by atoms with Gasteiger partial charge in [0.1, 0.15) is 5.25 Å². The van der Waals surface area contributed by atoms with E-state index in [-0.39, 0.29) is 29.2 Å². The highest BCUT2D eigenvalue weighted by Crippen LogP contribution is 2.30. The van der Waals surface area contributed by atoms with Gasteiger partial charge in [0.25, 0.3) is 0 Å². The molecule has 39 heavy (non-hydrogen) atoms. The summed E-state index contributed by atoms with van der Waals surface area (Å²) in [6.45, 7) is 0.797. The lowest BCUT2D eigenvalue weighted by Crippen LogP contribution is -2.09. The Morgan fingerprint density at radius 1 is 0.872 bits per heavy atom. The molecule has 5 rings (SSSR count). The zero-order valence-corrected chi connectivity index (χ0v) is 22.2. The Hall–Kier alpha value is -4.07. The second kappa shape index (κ2) is 12.2. The van der Waals surface area contributed by atoms with E-state index in [0.717, 1.165) is 32.7 Å². The average Bonchev–Trinajstić information content (AvgIpc) is 3.37. The van der Waals surface area contributed by atoms with E-state index in [9.17, 15) is 14.4 Å². The number of aromatic nitrogens is 1. The van der Waals surface area contributed by atoms with E-state index < -0.39 is 0 Å². The van der Waals surface area contributed by atoms with Crippen LogP contribution in [0.4, 0.5) is 0 Å². The molecule has 0 aliphatic carbocycles. The molecule has 1 saturated heterocycles. The molecule has 2 N–H and O–H groups in total. The average molecular weight is 537 g/mol. The Kier molecular flexibility index (Phi) is 8.30. The molecule has 2 heterocycles. The second-order valence-corrected chi connectivity index (χ2v) is 10.7. The molecule has 3 aromatic carbocycles. The molecule has 196 valence electrons. The Labute approximate surface area is 231 Å². The van der Waals surface area contributed by atoms with Gasteiger partial charge in [-0.1, -0.05) is 48.5 Å². The van der Waals surface area contributed by atoms with Gasteiger partial charge in [-0.15, -0.1) is 11.8 Å². The lowest BCUT2D eigenvalue weighted by atomic mass is 9.92. The van der Waals surface area contributed by atoms with Crippen LogP contribution in [0.2, 0.25) is 0 Å². The number of carbonyl (C=O) groups is 3. The maximum absolute atomic E-state index is 13.1. The van der Waals surface area contributed by atoms with Crippen LogP contribution in [0.25, 0.3) is 11.1 Å². The Bertz CT molecular complexity index is 1500. The fourth-order valence-electron chi connectivity index (χ4n) is 4.59. The van der Waals surface area contributed by atoms with Gasteiger partial charge in [-0.2, -0.15) is 0 Å². The van der Waals surface area contributed by atoms with Crippen LogP contribution in [-0.2, 0) is 28.9 Å². The predicted molar refractivity (Wildman–Crippen MR) is 152 cm³/mol.